The Morgan fingerprint density at radius 1 is 0.771 bits per heavy atom. The zero-order valence-corrected chi connectivity index (χ0v) is 28.0. The van der Waals surface area contributed by atoms with Crippen LogP contribution < -0.4 is 35.3 Å². The molecule has 48 heavy (non-hydrogen) atoms. The highest BCUT2D eigenvalue weighted by atomic mass is 16.5. The van der Waals surface area contributed by atoms with E-state index in [1.807, 2.05) is 87.5 Å². The number of amides is 3. The van der Waals surface area contributed by atoms with E-state index in [4.69, 9.17) is 24.7 Å². The summed E-state index contributed by atoms with van der Waals surface area (Å²) < 4.78 is 22.8. The van der Waals surface area contributed by atoms with Gasteiger partial charge in [-0.15, -0.1) is 0 Å². The monoisotopic (exact) mass is 648 g/mol. The van der Waals surface area contributed by atoms with Crippen molar-refractivity contribution in [2.45, 2.75) is 39.0 Å². The fourth-order valence-electron chi connectivity index (χ4n) is 5.44. The van der Waals surface area contributed by atoms with E-state index in [1.165, 1.54) is 7.11 Å². The molecule has 0 atom stereocenters. The lowest BCUT2D eigenvalue weighted by Gasteiger charge is -2.23. The number of ether oxygens (including phenoxy) is 4. The highest BCUT2D eigenvalue weighted by Crippen LogP contribution is 2.37. The molecule has 5 aromatic rings. The van der Waals surface area contributed by atoms with Crippen molar-refractivity contribution in [3.8, 4) is 28.7 Å². The minimum atomic E-state index is -0.496. The van der Waals surface area contributed by atoms with E-state index in [0.717, 1.165) is 27.6 Å². The summed E-state index contributed by atoms with van der Waals surface area (Å²) in [5.74, 6) is 2.53. The lowest BCUT2D eigenvalue weighted by atomic mass is 9.85. The van der Waals surface area contributed by atoms with E-state index in [1.54, 1.807) is 32.5 Å². The van der Waals surface area contributed by atoms with E-state index in [9.17, 15) is 9.59 Å². The fourth-order valence-corrected chi connectivity index (χ4v) is 5.44. The molecule has 0 saturated carbocycles. The molecule has 0 radical (unpaired) electrons. The Labute approximate surface area is 280 Å². The van der Waals surface area contributed by atoms with Crippen LogP contribution in [0, 0.1) is 0 Å². The summed E-state index contributed by atoms with van der Waals surface area (Å²) in [5, 5.41) is 7.47. The summed E-state index contributed by atoms with van der Waals surface area (Å²) in [6.07, 6.45) is 2.24. The average Bonchev–Trinajstić information content (AvgIpc) is 3.05. The van der Waals surface area contributed by atoms with Crippen LogP contribution in [0.25, 0.3) is 10.8 Å². The molecule has 0 aliphatic carbocycles. The maximum Gasteiger partial charge on any atom is 0.323 e. The van der Waals surface area contributed by atoms with Gasteiger partial charge in [0.25, 0.3) is 0 Å². The molecule has 0 spiro atoms. The van der Waals surface area contributed by atoms with E-state index in [0.29, 0.717) is 52.1 Å². The molecule has 0 aliphatic heterocycles. The van der Waals surface area contributed by atoms with Crippen LogP contribution in [-0.2, 0) is 23.1 Å². The first-order chi connectivity index (χ1) is 23.0. The van der Waals surface area contributed by atoms with Gasteiger partial charge in [0.1, 0.15) is 28.7 Å². The molecule has 0 unspecified atom stereocenters. The molecule has 248 valence electrons. The number of anilines is 2. The molecule has 0 bridgehead atoms. The maximum absolute atomic E-state index is 13.4. The Hall–Kier alpha value is -5.77. The summed E-state index contributed by atoms with van der Waals surface area (Å²) >= 11 is 0. The Morgan fingerprint density at radius 2 is 1.46 bits per heavy atom. The van der Waals surface area contributed by atoms with Gasteiger partial charge in [0, 0.05) is 46.8 Å². The number of hydrogen-bond donors (Lipinski definition) is 3. The van der Waals surface area contributed by atoms with Crippen LogP contribution in [0.2, 0.25) is 0 Å². The molecule has 10 heteroatoms. The number of fused-ring (bicyclic) bond motifs is 1. The SMILES string of the molecule is COc1cc(Cc2cc(Oc3ccc(NC(=O)Nc4cc(C(C)(C)C)cc(CC(N)=O)c4OC)c4ccccc34)ccn2)cc(OC)c1. The smallest absolute Gasteiger partial charge is 0.323 e. The van der Waals surface area contributed by atoms with Crippen LogP contribution >= 0.6 is 0 Å². The molecule has 1 aromatic heterocycles. The lowest BCUT2D eigenvalue weighted by Crippen LogP contribution is -2.22. The summed E-state index contributed by atoms with van der Waals surface area (Å²) in [7, 11) is 4.73. The van der Waals surface area contributed by atoms with Crippen molar-refractivity contribution in [1.29, 1.82) is 0 Å². The lowest BCUT2D eigenvalue weighted by molar-refractivity contribution is -0.117. The third kappa shape index (κ3) is 7.95. The zero-order chi connectivity index (χ0) is 34.4. The van der Waals surface area contributed by atoms with Gasteiger partial charge < -0.3 is 35.3 Å². The number of nitrogens with one attached hydrogen (secondary N) is 2. The second-order valence-corrected chi connectivity index (χ2v) is 12.3. The van der Waals surface area contributed by atoms with Crippen molar-refractivity contribution in [3.63, 3.8) is 0 Å². The molecule has 5 rings (SSSR count). The first-order valence-corrected chi connectivity index (χ1v) is 15.4. The number of carbonyl (C=O) groups is 2. The largest absolute Gasteiger partial charge is 0.497 e. The third-order valence-electron chi connectivity index (χ3n) is 7.79. The molecule has 1 heterocycles. The molecule has 0 aliphatic rings. The predicted molar refractivity (Wildman–Crippen MR) is 188 cm³/mol. The number of primary amides is 1. The number of carbonyl (C=O) groups excluding carboxylic acids is 2. The number of rotatable bonds is 11. The highest BCUT2D eigenvalue weighted by Gasteiger charge is 2.22. The van der Waals surface area contributed by atoms with Gasteiger partial charge in [-0.05, 0) is 52.9 Å². The molecule has 3 amide bonds. The highest BCUT2D eigenvalue weighted by molar-refractivity contribution is 6.08. The van der Waals surface area contributed by atoms with E-state index in [-0.39, 0.29) is 11.8 Å². The molecule has 4 aromatic carbocycles. The second-order valence-electron chi connectivity index (χ2n) is 12.3. The van der Waals surface area contributed by atoms with Gasteiger partial charge in [-0.2, -0.15) is 0 Å². The van der Waals surface area contributed by atoms with Crippen molar-refractivity contribution in [3.05, 3.63) is 107 Å². The molecule has 0 fully saturated rings. The van der Waals surface area contributed by atoms with Crippen molar-refractivity contribution in [2.24, 2.45) is 5.73 Å². The second kappa shape index (κ2) is 14.3. The number of aromatic nitrogens is 1. The number of nitrogens with two attached hydrogens (primary N) is 1. The van der Waals surface area contributed by atoms with Gasteiger partial charge in [0.15, 0.2) is 0 Å². The summed E-state index contributed by atoms with van der Waals surface area (Å²) in [6.45, 7) is 6.15. The Morgan fingerprint density at radius 3 is 2.10 bits per heavy atom. The van der Waals surface area contributed by atoms with Crippen molar-refractivity contribution < 1.29 is 28.5 Å². The molecule has 0 saturated heterocycles. The summed E-state index contributed by atoms with van der Waals surface area (Å²) in [6, 6.07) is 24.0. The minimum absolute atomic E-state index is 0.0236. The molecule has 4 N–H and O–H groups in total. The number of urea groups is 1. The number of hydrogen-bond acceptors (Lipinski definition) is 7. The van der Waals surface area contributed by atoms with Crippen LogP contribution in [-0.4, -0.2) is 38.3 Å². The maximum atomic E-state index is 13.4. The summed E-state index contributed by atoms with van der Waals surface area (Å²) in [5.41, 5.74) is 9.60. The van der Waals surface area contributed by atoms with Gasteiger partial charge in [-0.3, -0.25) is 9.78 Å². The fraction of sp³-hybridized carbons (Fsp3) is 0.237. The van der Waals surface area contributed by atoms with E-state index < -0.39 is 11.9 Å². The van der Waals surface area contributed by atoms with Crippen LogP contribution in [0.5, 0.6) is 28.7 Å². The van der Waals surface area contributed by atoms with E-state index in [2.05, 4.69) is 15.6 Å². The standard InChI is InChI=1S/C38H40N4O6/c1-38(2,3)25-18-24(19-35(39)43)36(47-6)33(20-25)42-37(44)41-32-11-12-34(31-10-8-7-9-30(31)32)48-27-13-14-40-26(21-27)15-23-16-28(45-4)22-29(17-23)46-5/h7-14,16-18,20-22H,15,19H2,1-6H3,(H2,39,43)(H2,41,42,44). The van der Waals surface area contributed by atoms with Gasteiger partial charge in [0.05, 0.1) is 39.1 Å². The van der Waals surface area contributed by atoms with Gasteiger partial charge in [-0.1, -0.05) is 51.1 Å². The Kier molecular flexibility index (Phi) is 10.0. The van der Waals surface area contributed by atoms with Gasteiger partial charge in [0.2, 0.25) is 5.91 Å². The first kappa shape index (κ1) is 33.6. The zero-order valence-electron chi connectivity index (χ0n) is 28.0. The third-order valence-corrected chi connectivity index (χ3v) is 7.79. The topological polar surface area (TPSA) is 134 Å². The number of benzene rings is 4. The molecular formula is C38H40N4O6. The van der Waals surface area contributed by atoms with E-state index >= 15 is 0 Å². The van der Waals surface area contributed by atoms with Crippen LogP contribution in [0.4, 0.5) is 16.2 Å². The number of nitrogens with zero attached hydrogens (tertiary/aromatic N) is 1. The van der Waals surface area contributed by atoms with Crippen molar-refractivity contribution >= 4 is 34.1 Å². The predicted octanol–water partition coefficient (Wildman–Crippen LogP) is 7.61. The Balaban J connectivity index is 1.38. The molecule has 10 nitrogen and oxygen atoms in total. The number of pyridine rings is 1. The minimum Gasteiger partial charge on any atom is -0.497 e. The van der Waals surface area contributed by atoms with Crippen molar-refractivity contribution in [2.75, 3.05) is 32.0 Å². The first-order valence-electron chi connectivity index (χ1n) is 15.4. The van der Waals surface area contributed by atoms with Crippen molar-refractivity contribution in [1.82, 2.24) is 4.98 Å². The quantitative estimate of drug-likeness (QED) is 0.134. The molecular weight excluding hydrogens is 608 g/mol. The van der Waals surface area contributed by atoms with Gasteiger partial charge in [-0.25, -0.2) is 4.79 Å². The van der Waals surface area contributed by atoms with Gasteiger partial charge >= 0.3 is 6.03 Å². The number of methoxy groups -OCH3 is 3. The summed E-state index contributed by atoms with van der Waals surface area (Å²) in [4.78, 5) is 29.8. The Bertz CT molecular complexity index is 1950. The van der Waals surface area contributed by atoms with Crippen LogP contribution in [0.15, 0.2) is 85.1 Å². The average molecular weight is 649 g/mol. The van der Waals surface area contributed by atoms with Crippen LogP contribution in [0.3, 0.4) is 0 Å². The normalized spacial score (nSPS) is 11.1. The van der Waals surface area contributed by atoms with Crippen LogP contribution in [0.1, 0.15) is 43.2 Å².